The third-order valence-corrected chi connectivity index (χ3v) is 5.03. The Kier molecular flexibility index (Phi) is 3.83. The first kappa shape index (κ1) is 16.8. The van der Waals surface area contributed by atoms with Gasteiger partial charge in [0.05, 0.1) is 12.0 Å². The number of nitrogens with one attached hydrogen (secondary N) is 1. The third kappa shape index (κ3) is 2.87. The molecule has 5 nitrogen and oxygen atoms in total. The second kappa shape index (κ2) is 5.94. The van der Waals surface area contributed by atoms with E-state index in [-0.39, 0.29) is 23.2 Å². The number of rotatable bonds is 2. The highest BCUT2D eigenvalue weighted by molar-refractivity contribution is 5.88. The second-order valence-corrected chi connectivity index (χ2v) is 8.00. The molecule has 2 heterocycles. The number of carbonyl (C=O) groups is 1. The summed E-state index contributed by atoms with van der Waals surface area (Å²) < 4.78 is 0. The third-order valence-electron chi connectivity index (χ3n) is 5.03. The Morgan fingerprint density at radius 3 is 2.42 bits per heavy atom. The van der Waals surface area contributed by atoms with Crippen molar-refractivity contribution in [3.63, 3.8) is 0 Å². The molecule has 1 aliphatic heterocycles. The normalized spacial score (nSPS) is 24.1. The van der Waals surface area contributed by atoms with Gasteiger partial charge in [0, 0.05) is 23.5 Å². The molecule has 1 fully saturated rings. The fourth-order valence-corrected chi connectivity index (χ4v) is 4.08. The summed E-state index contributed by atoms with van der Waals surface area (Å²) in [6, 6.07) is 12.0. The quantitative estimate of drug-likeness (QED) is 0.897. The highest BCUT2D eigenvalue weighted by Gasteiger charge is 2.48. The van der Waals surface area contributed by atoms with Gasteiger partial charge in [-0.15, -0.1) is 0 Å². The number of nitrogens with zero attached hydrogens (tertiary/aromatic N) is 3. The predicted molar refractivity (Wildman–Crippen MR) is 101 cm³/mol. The van der Waals surface area contributed by atoms with Gasteiger partial charge in [-0.05, 0) is 30.9 Å². The molecule has 1 aromatic carbocycles. The van der Waals surface area contributed by atoms with Crippen molar-refractivity contribution >= 4 is 11.7 Å². The summed E-state index contributed by atoms with van der Waals surface area (Å²) in [6.45, 7) is 8.13. The van der Waals surface area contributed by atoms with Crippen molar-refractivity contribution in [2.24, 2.45) is 11.3 Å². The molecule has 0 radical (unpaired) electrons. The highest BCUT2D eigenvalue weighted by atomic mass is 16.1. The van der Waals surface area contributed by atoms with E-state index in [1.807, 2.05) is 43.1 Å². The Morgan fingerprint density at radius 1 is 1.12 bits per heavy atom. The van der Waals surface area contributed by atoms with Crippen LogP contribution in [0.25, 0.3) is 0 Å². The number of hydrogen-bond donors (Lipinski definition) is 1. The second-order valence-electron chi connectivity index (χ2n) is 8.00. The number of carbonyl (C=O) groups excluding carboxylic acids is 1. The topological polar surface area (TPSA) is 58.1 Å². The van der Waals surface area contributed by atoms with Gasteiger partial charge < -0.3 is 0 Å². The zero-order chi connectivity index (χ0) is 18.5. The van der Waals surface area contributed by atoms with Crippen LogP contribution in [0.4, 0.5) is 5.95 Å². The first-order valence-electron chi connectivity index (χ1n) is 9.03. The molecule has 0 saturated carbocycles. The zero-order valence-electron chi connectivity index (χ0n) is 15.7. The largest absolute Gasteiger partial charge is 0.299 e. The van der Waals surface area contributed by atoms with E-state index in [4.69, 9.17) is 0 Å². The molecule has 0 spiro atoms. The van der Waals surface area contributed by atoms with E-state index in [2.05, 4.69) is 47.4 Å². The molecule has 2 atom stereocenters. The molecule has 1 aromatic heterocycles. The highest BCUT2D eigenvalue weighted by Crippen LogP contribution is 2.46. The van der Waals surface area contributed by atoms with Crippen LogP contribution in [0.2, 0.25) is 0 Å². The molecule has 0 bridgehead atoms. The molecule has 134 valence electrons. The Labute approximate surface area is 154 Å². The van der Waals surface area contributed by atoms with Crippen molar-refractivity contribution in [1.82, 2.24) is 15.4 Å². The number of hydrazine groups is 1. The summed E-state index contributed by atoms with van der Waals surface area (Å²) in [5.74, 6) is 0.660. The SMILES string of the molecule is Cc1cc(C)nc(N2NC3=CC(C)(C)CC(=O)[C@H]3[C@@H]2c2ccccc2)n1. The summed E-state index contributed by atoms with van der Waals surface area (Å²) >= 11 is 0. The lowest BCUT2D eigenvalue weighted by Crippen LogP contribution is -2.35. The lowest BCUT2D eigenvalue weighted by molar-refractivity contribution is -0.124. The molecule has 0 unspecified atom stereocenters. The van der Waals surface area contributed by atoms with Crippen LogP contribution in [-0.2, 0) is 4.79 Å². The summed E-state index contributed by atoms with van der Waals surface area (Å²) in [5, 5.41) is 1.96. The van der Waals surface area contributed by atoms with Crippen molar-refractivity contribution in [1.29, 1.82) is 0 Å². The molecular weight excluding hydrogens is 324 g/mol. The number of fused-ring (bicyclic) bond motifs is 1. The maximum Gasteiger partial charge on any atom is 0.245 e. The van der Waals surface area contributed by atoms with E-state index in [0.29, 0.717) is 12.4 Å². The summed E-state index contributed by atoms with van der Waals surface area (Å²) in [4.78, 5) is 22.3. The van der Waals surface area contributed by atoms with Crippen LogP contribution in [0.3, 0.4) is 0 Å². The lowest BCUT2D eigenvalue weighted by Gasteiger charge is -2.30. The van der Waals surface area contributed by atoms with Gasteiger partial charge >= 0.3 is 0 Å². The van der Waals surface area contributed by atoms with Crippen LogP contribution in [0.5, 0.6) is 0 Å². The van der Waals surface area contributed by atoms with E-state index in [1.54, 1.807) is 0 Å². The molecule has 26 heavy (non-hydrogen) atoms. The van der Waals surface area contributed by atoms with Crippen LogP contribution in [0.15, 0.2) is 48.2 Å². The van der Waals surface area contributed by atoms with Crippen molar-refractivity contribution in [3.8, 4) is 0 Å². The standard InChI is InChI=1S/C21H24N4O/c1-13-10-14(2)23-20(22-13)25-19(15-8-6-5-7-9-15)18-16(24-25)11-21(3,4)12-17(18)26/h5-11,18-19,24H,12H2,1-4H3/t18-,19-/m0/s1. The minimum absolute atomic E-state index is 0.142. The minimum Gasteiger partial charge on any atom is -0.299 e. The van der Waals surface area contributed by atoms with Crippen LogP contribution >= 0.6 is 0 Å². The van der Waals surface area contributed by atoms with E-state index in [0.717, 1.165) is 22.6 Å². The number of anilines is 1. The van der Waals surface area contributed by atoms with Gasteiger partial charge in [0.15, 0.2) is 0 Å². The number of aromatic nitrogens is 2. The molecule has 2 aromatic rings. The number of allylic oxidation sites excluding steroid dienone is 1. The maximum atomic E-state index is 13.0. The summed E-state index contributed by atoms with van der Waals surface area (Å²) in [7, 11) is 0. The van der Waals surface area contributed by atoms with E-state index in [1.165, 1.54) is 0 Å². The lowest BCUT2D eigenvalue weighted by atomic mass is 9.73. The average molecular weight is 348 g/mol. The van der Waals surface area contributed by atoms with Crippen molar-refractivity contribution < 1.29 is 4.79 Å². The molecular formula is C21H24N4O. The predicted octanol–water partition coefficient (Wildman–Crippen LogP) is 3.66. The number of ketones is 1. The van der Waals surface area contributed by atoms with Crippen LogP contribution in [-0.4, -0.2) is 15.8 Å². The summed E-state index contributed by atoms with van der Waals surface area (Å²) in [5.41, 5.74) is 7.18. The summed E-state index contributed by atoms with van der Waals surface area (Å²) in [6.07, 6.45) is 2.74. The van der Waals surface area contributed by atoms with E-state index >= 15 is 0 Å². The minimum atomic E-state index is -0.213. The van der Waals surface area contributed by atoms with Gasteiger partial charge in [-0.25, -0.2) is 15.0 Å². The monoisotopic (exact) mass is 348 g/mol. The van der Waals surface area contributed by atoms with Gasteiger partial charge in [-0.1, -0.05) is 50.3 Å². The Balaban J connectivity index is 1.86. The van der Waals surface area contributed by atoms with Gasteiger partial charge in [0.25, 0.3) is 0 Å². The van der Waals surface area contributed by atoms with Gasteiger partial charge in [-0.3, -0.25) is 10.2 Å². The number of Topliss-reactive ketones (excluding diaryl/α,β-unsaturated/α-hetero) is 1. The maximum absolute atomic E-state index is 13.0. The Morgan fingerprint density at radius 2 is 1.77 bits per heavy atom. The molecule has 1 aliphatic carbocycles. The first-order valence-corrected chi connectivity index (χ1v) is 9.03. The van der Waals surface area contributed by atoms with Crippen molar-refractivity contribution in [3.05, 3.63) is 65.1 Å². The Bertz CT molecular complexity index is 868. The number of hydrogen-bond acceptors (Lipinski definition) is 5. The molecule has 2 aliphatic rings. The number of benzene rings is 1. The molecule has 1 saturated heterocycles. The first-order chi connectivity index (χ1) is 12.3. The molecule has 0 amide bonds. The smallest absolute Gasteiger partial charge is 0.245 e. The van der Waals surface area contributed by atoms with E-state index in [9.17, 15) is 4.79 Å². The van der Waals surface area contributed by atoms with Gasteiger partial charge in [-0.2, -0.15) is 0 Å². The fourth-order valence-electron chi connectivity index (χ4n) is 4.08. The molecule has 5 heteroatoms. The van der Waals surface area contributed by atoms with Crippen LogP contribution < -0.4 is 10.4 Å². The fraction of sp³-hybridized carbons (Fsp3) is 0.381. The van der Waals surface area contributed by atoms with Gasteiger partial charge in [0.2, 0.25) is 5.95 Å². The van der Waals surface area contributed by atoms with Crippen molar-refractivity contribution in [2.75, 3.05) is 5.01 Å². The number of aryl methyl sites for hydroxylation is 2. The van der Waals surface area contributed by atoms with Crippen LogP contribution in [0, 0.1) is 25.2 Å². The van der Waals surface area contributed by atoms with Crippen molar-refractivity contribution in [2.45, 2.75) is 40.2 Å². The molecule has 4 rings (SSSR count). The Hall–Kier alpha value is -2.69. The average Bonchev–Trinajstić information content (AvgIpc) is 2.93. The van der Waals surface area contributed by atoms with E-state index < -0.39 is 0 Å². The zero-order valence-corrected chi connectivity index (χ0v) is 15.7. The van der Waals surface area contributed by atoms with Gasteiger partial charge in [0.1, 0.15) is 5.78 Å². The molecule has 1 N–H and O–H groups in total. The van der Waals surface area contributed by atoms with Crippen LogP contribution in [0.1, 0.15) is 43.3 Å².